The number of carbonyl (C=O) groups is 1. The van der Waals surface area contributed by atoms with Gasteiger partial charge in [0.1, 0.15) is 0 Å². The number of methoxy groups -OCH3 is 1. The summed E-state index contributed by atoms with van der Waals surface area (Å²) in [6.07, 6.45) is 6.29. The fourth-order valence-electron chi connectivity index (χ4n) is 1.17. The van der Waals surface area contributed by atoms with Crippen LogP contribution in [0.2, 0.25) is 0 Å². The molecule has 0 spiro atoms. The Hall–Kier alpha value is -2.17. The number of aromatic amines is 1. The number of pyridine rings is 1. The maximum atomic E-state index is 10.8. The average molecular weight is 203 g/mol. The summed E-state index contributed by atoms with van der Waals surface area (Å²) in [5.74, 6) is -0.399. The van der Waals surface area contributed by atoms with Gasteiger partial charge in [-0.3, -0.25) is 10.1 Å². The van der Waals surface area contributed by atoms with Crippen LogP contribution in [0.25, 0.3) is 17.0 Å². The largest absolute Gasteiger partial charge is 0.466 e. The van der Waals surface area contributed by atoms with E-state index in [0.717, 1.165) is 10.9 Å². The molecular weight excluding hydrogens is 194 g/mol. The quantitative estimate of drug-likeness (QED) is 0.587. The van der Waals surface area contributed by atoms with Crippen molar-refractivity contribution in [2.75, 3.05) is 7.11 Å². The van der Waals surface area contributed by atoms with E-state index in [1.54, 1.807) is 18.5 Å². The second-order valence-electron chi connectivity index (χ2n) is 2.92. The first-order valence-corrected chi connectivity index (χ1v) is 4.35. The minimum Gasteiger partial charge on any atom is -0.466 e. The van der Waals surface area contributed by atoms with Gasteiger partial charge in [-0.2, -0.15) is 5.10 Å². The Morgan fingerprint density at radius 1 is 1.53 bits per heavy atom. The number of nitrogens with zero attached hydrogens (tertiary/aromatic N) is 2. The van der Waals surface area contributed by atoms with Gasteiger partial charge in [-0.05, 0) is 12.1 Å². The van der Waals surface area contributed by atoms with E-state index in [1.807, 2.05) is 6.07 Å². The van der Waals surface area contributed by atoms with Crippen LogP contribution in [0.4, 0.5) is 0 Å². The number of nitrogens with one attached hydrogen (secondary N) is 1. The monoisotopic (exact) mass is 203 g/mol. The fraction of sp³-hybridized carbons (Fsp3) is 0.100. The van der Waals surface area contributed by atoms with E-state index < -0.39 is 5.97 Å². The first kappa shape index (κ1) is 9.39. The predicted octanol–water partition coefficient (Wildman–Crippen LogP) is 1.14. The molecule has 0 aromatic carbocycles. The molecule has 0 aliphatic carbocycles. The summed E-state index contributed by atoms with van der Waals surface area (Å²) in [5, 5.41) is 7.62. The third-order valence-electron chi connectivity index (χ3n) is 1.94. The molecule has 2 aromatic heterocycles. The molecule has 76 valence electrons. The predicted molar refractivity (Wildman–Crippen MR) is 54.9 cm³/mol. The van der Waals surface area contributed by atoms with Crippen LogP contribution in [0, 0.1) is 0 Å². The minimum atomic E-state index is -0.399. The maximum Gasteiger partial charge on any atom is 0.330 e. The summed E-state index contributed by atoms with van der Waals surface area (Å²) < 4.78 is 4.47. The number of fused-ring (bicyclic) bond motifs is 1. The molecule has 0 aliphatic heterocycles. The van der Waals surface area contributed by atoms with E-state index in [9.17, 15) is 4.79 Å². The molecule has 0 saturated carbocycles. The first-order valence-electron chi connectivity index (χ1n) is 4.35. The Balaban J connectivity index is 2.28. The third-order valence-corrected chi connectivity index (χ3v) is 1.94. The van der Waals surface area contributed by atoms with Gasteiger partial charge in [-0.15, -0.1) is 0 Å². The van der Waals surface area contributed by atoms with E-state index in [1.165, 1.54) is 13.2 Å². The Kier molecular flexibility index (Phi) is 2.45. The van der Waals surface area contributed by atoms with Crippen LogP contribution < -0.4 is 0 Å². The average Bonchev–Trinajstić information content (AvgIpc) is 2.72. The number of hydrogen-bond acceptors (Lipinski definition) is 4. The van der Waals surface area contributed by atoms with Crippen molar-refractivity contribution >= 4 is 22.9 Å². The lowest BCUT2D eigenvalue weighted by Gasteiger charge is -1.93. The van der Waals surface area contributed by atoms with Crippen molar-refractivity contribution in [2.24, 2.45) is 0 Å². The molecule has 2 aromatic rings. The van der Waals surface area contributed by atoms with Crippen LogP contribution in [0.5, 0.6) is 0 Å². The van der Waals surface area contributed by atoms with Gasteiger partial charge in [0.25, 0.3) is 0 Å². The summed E-state index contributed by atoms with van der Waals surface area (Å²) in [5.41, 5.74) is 1.56. The van der Waals surface area contributed by atoms with Gasteiger partial charge in [-0.25, -0.2) is 4.79 Å². The SMILES string of the molecule is COC(=O)C=Cc1cc2cn[nH]c2cn1. The van der Waals surface area contributed by atoms with Gasteiger partial charge >= 0.3 is 5.97 Å². The molecule has 0 aliphatic rings. The summed E-state index contributed by atoms with van der Waals surface area (Å²) >= 11 is 0. The molecule has 15 heavy (non-hydrogen) atoms. The van der Waals surface area contributed by atoms with Crippen molar-refractivity contribution in [3.8, 4) is 0 Å². The molecule has 0 bridgehead atoms. The van der Waals surface area contributed by atoms with Crippen molar-refractivity contribution in [1.82, 2.24) is 15.2 Å². The van der Waals surface area contributed by atoms with Gasteiger partial charge in [0, 0.05) is 11.5 Å². The number of carbonyl (C=O) groups excluding carboxylic acids is 1. The molecule has 2 heterocycles. The van der Waals surface area contributed by atoms with Gasteiger partial charge in [0.2, 0.25) is 0 Å². The molecule has 0 saturated heterocycles. The van der Waals surface area contributed by atoms with Crippen LogP contribution in [-0.2, 0) is 9.53 Å². The summed E-state index contributed by atoms with van der Waals surface area (Å²) in [6, 6.07) is 1.83. The molecule has 0 atom stereocenters. The van der Waals surface area contributed by atoms with Gasteiger partial charge in [0.15, 0.2) is 0 Å². The summed E-state index contributed by atoms with van der Waals surface area (Å²) in [7, 11) is 1.33. The first-order chi connectivity index (χ1) is 7.29. The standard InChI is InChI=1S/C10H9N3O2/c1-15-10(14)3-2-8-4-7-5-12-13-9(7)6-11-8/h2-6H,1H3,(H,12,13). The van der Waals surface area contributed by atoms with E-state index in [0.29, 0.717) is 5.69 Å². The highest BCUT2D eigenvalue weighted by atomic mass is 16.5. The number of aromatic nitrogens is 3. The molecule has 2 rings (SSSR count). The number of H-pyrrole nitrogens is 1. The number of ether oxygens (including phenoxy) is 1. The zero-order chi connectivity index (χ0) is 10.7. The van der Waals surface area contributed by atoms with E-state index in [-0.39, 0.29) is 0 Å². The molecule has 5 heteroatoms. The van der Waals surface area contributed by atoms with Crippen LogP contribution in [0.3, 0.4) is 0 Å². The van der Waals surface area contributed by atoms with Crippen molar-refractivity contribution in [2.45, 2.75) is 0 Å². The topological polar surface area (TPSA) is 67.9 Å². The molecule has 5 nitrogen and oxygen atoms in total. The van der Waals surface area contributed by atoms with Crippen LogP contribution in [0.1, 0.15) is 5.69 Å². The molecule has 0 radical (unpaired) electrons. The van der Waals surface area contributed by atoms with Gasteiger partial charge in [-0.1, -0.05) is 0 Å². The maximum absolute atomic E-state index is 10.8. The van der Waals surface area contributed by atoms with Crippen molar-refractivity contribution in [3.63, 3.8) is 0 Å². The highest BCUT2D eigenvalue weighted by Gasteiger charge is 1.97. The lowest BCUT2D eigenvalue weighted by molar-refractivity contribution is -0.134. The zero-order valence-electron chi connectivity index (χ0n) is 8.10. The van der Waals surface area contributed by atoms with E-state index in [4.69, 9.17) is 0 Å². The van der Waals surface area contributed by atoms with Crippen molar-refractivity contribution < 1.29 is 9.53 Å². The van der Waals surface area contributed by atoms with Crippen molar-refractivity contribution in [3.05, 3.63) is 30.2 Å². The lowest BCUT2D eigenvalue weighted by Crippen LogP contribution is -1.93. The number of esters is 1. The van der Waals surface area contributed by atoms with Crippen LogP contribution in [-0.4, -0.2) is 28.3 Å². The van der Waals surface area contributed by atoms with Crippen molar-refractivity contribution in [1.29, 1.82) is 0 Å². The van der Waals surface area contributed by atoms with Crippen LogP contribution in [0.15, 0.2) is 24.5 Å². The van der Waals surface area contributed by atoms with Crippen LogP contribution >= 0.6 is 0 Å². The second kappa shape index (κ2) is 3.91. The lowest BCUT2D eigenvalue weighted by atomic mass is 10.2. The molecular formula is C10H9N3O2. The Morgan fingerprint density at radius 2 is 2.40 bits per heavy atom. The Morgan fingerprint density at radius 3 is 3.20 bits per heavy atom. The number of rotatable bonds is 2. The zero-order valence-corrected chi connectivity index (χ0v) is 8.10. The molecule has 1 N–H and O–H groups in total. The number of hydrogen-bond donors (Lipinski definition) is 1. The Labute approximate surface area is 85.8 Å². The summed E-state index contributed by atoms with van der Waals surface area (Å²) in [6.45, 7) is 0. The molecule has 0 amide bonds. The highest BCUT2D eigenvalue weighted by molar-refractivity contribution is 5.87. The minimum absolute atomic E-state index is 0.399. The normalized spacial score (nSPS) is 11.0. The molecule has 0 unspecified atom stereocenters. The third kappa shape index (κ3) is 2.01. The smallest absolute Gasteiger partial charge is 0.330 e. The van der Waals surface area contributed by atoms with Gasteiger partial charge < -0.3 is 4.74 Å². The highest BCUT2D eigenvalue weighted by Crippen LogP contribution is 2.10. The summed E-state index contributed by atoms with van der Waals surface area (Å²) in [4.78, 5) is 15.0. The Bertz CT molecular complexity index is 516. The molecule has 0 fully saturated rings. The second-order valence-corrected chi connectivity index (χ2v) is 2.92. The van der Waals surface area contributed by atoms with E-state index in [2.05, 4.69) is 19.9 Å². The van der Waals surface area contributed by atoms with E-state index >= 15 is 0 Å². The fourth-order valence-corrected chi connectivity index (χ4v) is 1.17. The van der Waals surface area contributed by atoms with Gasteiger partial charge in [0.05, 0.1) is 30.7 Å².